The molecule has 0 unspecified atom stereocenters. The Labute approximate surface area is 180 Å². The van der Waals surface area contributed by atoms with Gasteiger partial charge in [-0.15, -0.1) is 11.6 Å². The third-order valence-corrected chi connectivity index (χ3v) is 7.31. The molecule has 4 rings (SSSR count). The summed E-state index contributed by atoms with van der Waals surface area (Å²) in [7, 11) is -3.92. The number of benzene rings is 2. The molecule has 0 N–H and O–H groups in total. The molecule has 0 bridgehead atoms. The zero-order valence-corrected chi connectivity index (χ0v) is 18.0. The third kappa shape index (κ3) is 3.63. The number of rotatable bonds is 6. The Morgan fingerprint density at radius 1 is 1.13 bits per heavy atom. The number of hydrogen-bond donors (Lipinski definition) is 0. The molecular weight excluding hydrogens is 424 g/mol. The molecule has 1 fully saturated rings. The Hall–Kier alpha value is -2.64. The maximum absolute atomic E-state index is 13.3. The van der Waals surface area contributed by atoms with Crippen molar-refractivity contribution in [1.82, 2.24) is 8.87 Å². The summed E-state index contributed by atoms with van der Waals surface area (Å²) in [6.45, 7) is 2.98. The number of fused-ring (bicyclic) bond motifs is 1. The van der Waals surface area contributed by atoms with Gasteiger partial charge in [-0.25, -0.2) is 12.4 Å². The summed E-state index contributed by atoms with van der Waals surface area (Å²) in [5.74, 6) is -0.494. The minimum Gasteiger partial charge on any atom is -0.338 e. The van der Waals surface area contributed by atoms with Gasteiger partial charge >= 0.3 is 0 Å². The lowest BCUT2D eigenvalue weighted by Gasteiger charge is -2.16. The molecular formula is C22H21ClN2O4S. The van der Waals surface area contributed by atoms with Crippen molar-refractivity contribution in [1.29, 1.82) is 0 Å². The smallest absolute Gasteiger partial charge is 0.268 e. The van der Waals surface area contributed by atoms with Crippen molar-refractivity contribution in [3.8, 4) is 0 Å². The Kier molecular flexibility index (Phi) is 5.42. The maximum atomic E-state index is 13.3. The molecule has 1 aliphatic rings. The van der Waals surface area contributed by atoms with Gasteiger partial charge in [0, 0.05) is 36.7 Å². The minimum absolute atomic E-state index is 0.0933. The molecule has 156 valence electrons. The summed E-state index contributed by atoms with van der Waals surface area (Å²) in [6, 6.07) is 11.8. The van der Waals surface area contributed by atoms with Crippen LogP contribution in [0.1, 0.15) is 34.3 Å². The summed E-state index contributed by atoms with van der Waals surface area (Å²) in [6.07, 6.45) is 2.71. The van der Waals surface area contributed by atoms with Crippen LogP contribution in [-0.2, 0) is 21.4 Å². The van der Waals surface area contributed by atoms with E-state index in [1.807, 2.05) is 13.0 Å². The van der Waals surface area contributed by atoms with Gasteiger partial charge in [-0.1, -0.05) is 29.8 Å². The predicted octanol–water partition coefficient (Wildman–Crippen LogP) is 3.73. The number of Topliss-reactive ketones (excluding diaryl/α,β-unsaturated/α-hetero) is 1. The summed E-state index contributed by atoms with van der Waals surface area (Å²) < 4.78 is 27.8. The van der Waals surface area contributed by atoms with E-state index < -0.39 is 10.0 Å². The molecule has 0 aliphatic carbocycles. The molecule has 2 heterocycles. The number of nitrogens with zero attached hydrogens (tertiary/aromatic N) is 2. The maximum Gasteiger partial charge on any atom is 0.268 e. The van der Waals surface area contributed by atoms with Gasteiger partial charge < -0.3 is 4.90 Å². The monoisotopic (exact) mass is 444 g/mol. The molecule has 1 saturated heterocycles. The van der Waals surface area contributed by atoms with Gasteiger partial charge in [0.2, 0.25) is 5.91 Å². The first-order valence-electron chi connectivity index (χ1n) is 9.64. The number of halogens is 1. The lowest BCUT2D eigenvalue weighted by atomic mass is 10.1. The van der Waals surface area contributed by atoms with Crippen molar-refractivity contribution in [2.75, 3.05) is 12.4 Å². The zero-order valence-electron chi connectivity index (χ0n) is 16.5. The van der Waals surface area contributed by atoms with Gasteiger partial charge in [-0.2, -0.15) is 0 Å². The topological polar surface area (TPSA) is 76.5 Å². The number of likely N-dealkylation sites (tertiary alicyclic amines) is 1. The van der Waals surface area contributed by atoms with Crippen LogP contribution in [0.15, 0.2) is 53.6 Å². The SMILES string of the molecule is Cc1ccc(S(=O)(=O)n2cc(C(=O)CCl)c3ccc(CN4CCCC4=O)cc32)cc1. The van der Waals surface area contributed by atoms with Crippen LogP contribution in [0.5, 0.6) is 0 Å². The van der Waals surface area contributed by atoms with Crippen LogP contribution in [0, 0.1) is 6.92 Å². The fraction of sp³-hybridized carbons (Fsp3) is 0.273. The number of aromatic nitrogens is 1. The number of alkyl halides is 1. The van der Waals surface area contributed by atoms with E-state index in [1.54, 1.807) is 41.3 Å². The second-order valence-corrected chi connectivity index (χ2v) is 9.57. The standard InChI is InChI=1S/C22H21ClN2O4S/c1-15-4-7-17(8-5-15)30(28,29)25-14-19(21(26)12-23)18-9-6-16(11-20(18)25)13-24-10-2-3-22(24)27/h4-9,11,14H,2-3,10,12-13H2,1H3. The lowest BCUT2D eigenvalue weighted by molar-refractivity contribution is -0.128. The summed E-state index contributed by atoms with van der Waals surface area (Å²) in [5, 5.41) is 0.521. The number of hydrogen-bond acceptors (Lipinski definition) is 4. The van der Waals surface area contributed by atoms with Gasteiger partial charge in [0.1, 0.15) is 0 Å². The van der Waals surface area contributed by atoms with Gasteiger partial charge in [0.05, 0.1) is 16.3 Å². The molecule has 0 atom stereocenters. The van der Waals surface area contributed by atoms with E-state index >= 15 is 0 Å². The Morgan fingerprint density at radius 2 is 1.87 bits per heavy atom. The molecule has 1 aromatic heterocycles. The predicted molar refractivity (Wildman–Crippen MR) is 115 cm³/mol. The number of ketones is 1. The molecule has 30 heavy (non-hydrogen) atoms. The van der Waals surface area contributed by atoms with Crippen molar-refractivity contribution in [3.63, 3.8) is 0 Å². The van der Waals surface area contributed by atoms with E-state index in [9.17, 15) is 18.0 Å². The van der Waals surface area contributed by atoms with Crippen molar-refractivity contribution in [2.24, 2.45) is 0 Å². The summed E-state index contributed by atoms with van der Waals surface area (Å²) in [5.41, 5.74) is 2.41. The van der Waals surface area contributed by atoms with E-state index in [1.165, 1.54) is 6.20 Å². The zero-order chi connectivity index (χ0) is 21.5. The van der Waals surface area contributed by atoms with Crippen molar-refractivity contribution in [3.05, 3.63) is 65.4 Å². The van der Waals surface area contributed by atoms with Crippen LogP contribution in [0.2, 0.25) is 0 Å². The van der Waals surface area contributed by atoms with Crippen LogP contribution in [-0.4, -0.2) is 41.4 Å². The first-order valence-corrected chi connectivity index (χ1v) is 11.6. The van der Waals surface area contributed by atoms with Crippen LogP contribution in [0.4, 0.5) is 0 Å². The van der Waals surface area contributed by atoms with Crippen molar-refractivity contribution >= 4 is 44.2 Å². The van der Waals surface area contributed by atoms with Crippen LogP contribution >= 0.6 is 11.6 Å². The summed E-state index contributed by atoms with van der Waals surface area (Å²) in [4.78, 5) is 26.2. The van der Waals surface area contributed by atoms with E-state index in [0.717, 1.165) is 21.5 Å². The molecule has 8 heteroatoms. The Balaban J connectivity index is 1.86. The van der Waals surface area contributed by atoms with Crippen LogP contribution < -0.4 is 0 Å². The van der Waals surface area contributed by atoms with E-state index in [0.29, 0.717) is 30.4 Å². The lowest BCUT2D eigenvalue weighted by Crippen LogP contribution is -2.23. The fourth-order valence-corrected chi connectivity index (χ4v) is 5.26. The second-order valence-electron chi connectivity index (χ2n) is 7.48. The molecule has 0 spiro atoms. The highest BCUT2D eigenvalue weighted by Crippen LogP contribution is 2.29. The van der Waals surface area contributed by atoms with Gasteiger partial charge in [0.15, 0.2) is 5.78 Å². The summed E-state index contributed by atoms with van der Waals surface area (Å²) >= 11 is 5.75. The molecule has 3 aromatic rings. The quantitative estimate of drug-likeness (QED) is 0.428. The molecule has 0 saturated carbocycles. The van der Waals surface area contributed by atoms with Gasteiger partial charge in [0.25, 0.3) is 10.0 Å². The number of carbonyl (C=O) groups excluding carboxylic acids is 2. The Morgan fingerprint density at radius 3 is 2.50 bits per heavy atom. The second kappa shape index (κ2) is 7.89. The van der Waals surface area contributed by atoms with Crippen LogP contribution in [0.25, 0.3) is 10.9 Å². The highest BCUT2D eigenvalue weighted by molar-refractivity contribution is 7.90. The highest BCUT2D eigenvalue weighted by atomic mass is 35.5. The highest BCUT2D eigenvalue weighted by Gasteiger charge is 2.25. The van der Waals surface area contributed by atoms with E-state index in [-0.39, 0.29) is 28.0 Å². The third-order valence-electron chi connectivity index (χ3n) is 5.38. The number of aryl methyl sites for hydroxylation is 1. The molecule has 1 aliphatic heterocycles. The minimum atomic E-state index is -3.92. The van der Waals surface area contributed by atoms with E-state index in [4.69, 9.17) is 11.6 Å². The first kappa shape index (κ1) is 20.6. The van der Waals surface area contributed by atoms with Crippen molar-refractivity contribution < 1.29 is 18.0 Å². The average molecular weight is 445 g/mol. The number of amides is 1. The molecule has 0 radical (unpaired) electrons. The Bertz CT molecular complexity index is 1250. The van der Waals surface area contributed by atoms with Crippen molar-refractivity contribution in [2.45, 2.75) is 31.2 Å². The van der Waals surface area contributed by atoms with Gasteiger partial charge in [-0.3, -0.25) is 9.59 Å². The normalized spacial score (nSPS) is 14.6. The molecule has 1 amide bonds. The van der Waals surface area contributed by atoms with E-state index in [2.05, 4.69) is 0 Å². The number of carbonyl (C=O) groups is 2. The molecule has 2 aromatic carbocycles. The fourth-order valence-electron chi connectivity index (χ4n) is 3.75. The largest absolute Gasteiger partial charge is 0.338 e. The first-order chi connectivity index (χ1) is 14.3. The molecule has 6 nitrogen and oxygen atoms in total. The van der Waals surface area contributed by atoms with Gasteiger partial charge in [-0.05, 0) is 37.1 Å². The average Bonchev–Trinajstić information content (AvgIpc) is 3.31. The van der Waals surface area contributed by atoms with Crippen LogP contribution in [0.3, 0.4) is 0 Å².